The highest BCUT2D eigenvalue weighted by atomic mass is 35.5. The molecule has 0 aliphatic heterocycles. The summed E-state index contributed by atoms with van der Waals surface area (Å²) in [6.07, 6.45) is 3.56. The van der Waals surface area contributed by atoms with Crippen molar-refractivity contribution in [3.63, 3.8) is 0 Å². The van der Waals surface area contributed by atoms with Crippen molar-refractivity contribution in [2.75, 3.05) is 0 Å². The van der Waals surface area contributed by atoms with Gasteiger partial charge in [0.2, 0.25) is 0 Å². The van der Waals surface area contributed by atoms with Crippen LogP contribution in [0, 0.1) is 0 Å². The number of halogens is 1. The van der Waals surface area contributed by atoms with Crippen molar-refractivity contribution >= 4 is 28.4 Å². The molecule has 0 radical (unpaired) electrons. The van der Waals surface area contributed by atoms with Gasteiger partial charge < -0.3 is 5.32 Å². The predicted molar refractivity (Wildman–Crippen MR) is 91.7 cm³/mol. The van der Waals surface area contributed by atoms with Crippen molar-refractivity contribution in [1.29, 1.82) is 0 Å². The second-order valence-corrected chi connectivity index (χ2v) is 6.22. The molecule has 1 amide bonds. The molecule has 1 atom stereocenters. The number of hydrogen-bond donors (Lipinski definition) is 1. The lowest BCUT2D eigenvalue weighted by Gasteiger charge is -2.15. The fraction of sp³-hybridized carbons (Fsp3) is 0.158. The molecule has 0 fully saturated rings. The highest BCUT2D eigenvalue weighted by Gasteiger charge is 2.25. The van der Waals surface area contributed by atoms with E-state index in [-0.39, 0.29) is 11.9 Å². The van der Waals surface area contributed by atoms with E-state index >= 15 is 0 Å². The van der Waals surface area contributed by atoms with Crippen LogP contribution in [-0.2, 0) is 6.42 Å². The van der Waals surface area contributed by atoms with E-state index in [9.17, 15) is 4.79 Å². The molecule has 1 aromatic heterocycles. The van der Waals surface area contributed by atoms with Crippen molar-refractivity contribution in [2.24, 2.45) is 0 Å². The molecule has 2 aromatic carbocycles. The Labute approximate surface area is 139 Å². The molecule has 0 spiro atoms. The number of amides is 1. The Balaban J connectivity index is 1.64. The van der Waals surface area contributed by atoms with Crippen molar-refractivity contribution in [3.05, 3.63) is 76.4 Å². The molecule has 4 heteroatoms. The number of rotatable bonds is 2. The number of para-hydroxylation sites is 1. The first kappa shape index (κ1) is 14.2. The van der Waals surface area contributed by atoms with E-state index in [2.05, 4.69) is 10.3 Å². The summed E-state index contributed by atoms with van der Waals surface area (Å²) < 4.78 is 0. The van der Waals surface area contributed by atoms with Gasteiger partial charge in [0.1, 0.15) is 0 Å². The van der Waals surface area contributed by atoms with Crippen molar-refractivity contribution in [2.45, 2.75) is 18.9 Å². The number of pyridine rings is 1. The number of aromatic nitrogens is 1. The number of nitrogens with one attached hydrogen (secondary N) is 1. The molecular weight excluding hydrogens is 308 g/mol. The molecule has 1 aliphatic carbocycles. The summed E-state index contributed by atoms with van der Waals surface area (Å²) in [5.41, 5.74) is 3.74. The smallest absolute Gasteiger partial charge is 0.253 e. The zero-order valence-corrected chi connectivity index (χ0v) is 13.2. The fourth-order valence-electron chi connectivity index (χ4n) is 3.26. The lowest BCUT2D eigenvalue weighted by atomic mass is 10.1. The normalized spacial score (nSPS) is 16.3. The van der Waals surface area contributed by atoms with Crippen LogP contribution >= 0.6 is 11.6 Å². The first-order valence-corrected chi connectivity index (χ1v) is 8.03. The molecule has 3 aromatic rings. The standard InChI is InChI=1S/C19H15ClN2O/c20-14-7-8-15-13(11-14)6-9-17(15)22-19(23)16-5-1-3-12-4-2-10-21-18(12)16/h1-5,7-8,10-11,17H,6,9H2,(H,22,23)/t17-/m0/s1. The third-order valence-corrected chi connectivity index (χ3v) is 4.60. The predicted octanol–water partition coefficient (Wildman–Crippen LogP) is 4.31. The summed E-state index contributed by atoms with van der Waals surface area (Å²) in [7, 11) is 0. The van der Waals surface area contributed by atoms with Gasteiger partial charge in [0.05, 0.1) is 17.1 Å². The van der Waals surface area contributed by atoms with Crippen molar-refractivity contribution < 1.29 is 4.79 Å². The number of fused-ring (bicyclic) bond motifs is 2. The first-order valence-electron chi connectivity index (χ1n) is 7.65. The van der Waals surface area contributed by atoms with Gasteiger partial charge in [-0.2, -0.15) is 0 Å². The van der Waals surface area contributed by atoms with E-state index in [4.69, 9.17) is 11.6 Å². The minimum atomic E-state index is -0.0814. The Hall–Kier alpha value is -2.39. The summed E-state index contributed by atoms with van der Waals surface area (Å²) in [4.78, 5) is 17.1. The minimum Gasteiger partial charge on any atom is -0.345 e. The number of hydrogen-bond acceptors (Lipinski definition) is 2. The molecule has 3 nitrogen and oxygen atoms in total. The number of nitrogens with zero attached hydrogens (tertiary/aromatic N) is 1. The van der Waals surface area contributed by atoms with Gasteiger partial charge in [-0.25, -0.2) is 0 Å². The van der Waals surface area contributed by atoms with Crippen LogP contribution < -0.4 is 5.32 Å². The Bertz CT molecular complexity index is 902. The molecular formula is C19H15ClN2O. The van der Waals surface area contributed by atoms with Crippen LogP contribution in [0.25, 0.3) is 10.9 Å². The zero-order chi connectivity index (χ0) is 15.8. The van der Waals surface area contributed by atoms with Crippen LogP contribution in [0.4, 0.5) is 0 Å². The molecule has 23 heavy (non-hydrogen) atoms. The summed E-state index contributed by atoms with van der Waals surface area (Å²) in [6.45, 7) is 0. The molecule has 0 saturated heterocycles. The molecule has 1 N–H and O–H groups in total. The molecule has 1 aliphatic rings. The van der Waals surface area contributed by atoms with Crippen LogP contribution in [0.2, 0.25) is 5.02 Å². The summed E-state index contributed by atoms with van der Waals surface area (Å²) in [5, 5.41) is 4.86. The number of benzene rings is 2. The van der Waals surface area contributed by atoms with Gasteiger partial charge in [-0.05, 0) is 48.2 Å². The van der Waals surface area contributed by atoms with E-state index in [1.165, 1.54) is 5.56 Å². The van der Waals surface area contributed by atoms with E-state index in [1.807, 2.05) is 48.5 Å². The van der Waals surface area contributed by atoms with Gasteiger partial charge in [-0.1, -0.05) is 35.9 Å². The minimum absolute atomic E-state index is 0.0359. The summed E-state index contributed by atoms with van der Waals surface area (Å²) >= 11 is 6.04. The number of carbonyl (C=O) groups is 1. The highest BCUT2D eigenvalue weighted by Crippen LogP contribution is 2.33. The molecule has 1 heterocycles. The Morgan fingerprint density at radius 1 is 1.17 bits per heavy atom. The van der Waals surface area contributed by atoms with Gasteiger partial charge in [0.25, 0.3) is 5.91 Å². The summed E-state index contributed by atoms with van der Waals surface area (Å²) in [6, 6.07) is 15.4. The summed E-state index contributed by atoms with van der Waals surface area (Å²) in [5.74, 6) is -0.0814. The van der Waals surface area contributed by atoms with Gasteiger partial charge in [0, 0.05) is 16.6 Å². The molecule has 114 valence electrons. The third kappa shape index (κ3) is 2.57. The maximum Gasteiger partial charge on any atom is 0.253 e. The maximum absolute atomic E-state index is 12.7. The van der Waals surface area contributed by atoms with E-state index in [0.717, 1.165) is 34.3 Å². The van der Waals surface area contributed by atoms with Crippen LogP contribution in [0.1, 0.15) is 33.9 Å². The van der Waals surface area contributed by atoms with Gasteiger partial charge in [-0.3, -0.25) is 9.78 Å². The van der Waals surface area contributed by atoms with Crippen LogP contribution in [0.15, 0.2) is 54.7 Å². The van der Waals surface area contributed by atoms with Gasteiger partial charge >= 0.3 is 0 Å². The third-order valence-electron chi connectivity index (χ3n) is 4.37. The quantitative estimate of drug-likeness (QED) is 0.764. The molecule has 4 rings (SSSR count). The zero-order valence-electron chi connectivity index (χ0n) is 12.4. The Morgan fingerprint density at radius 3 is 2.96 bits per heavy atom. The van der Waals surface area contributed by atoms with Crippen LogP contribution in [0.5, 0.6) is 0 Å². The van der Waals surface area contributed by atoms with Crippen molar-refractivity contribution in [1.82, 2.24) is 10.3 Å². The van der Waals surface area contributed by atoms with E-state index < -0.39 is 0 Å². The maximum atomic E-state index is 12.7. The SMILES string of the molecule is O=C(N[C@H]1CCc2cc(Cl)ccc21)c1cccc2cccnc12. The van der Waals surface area contributed by atoms with E-state index in [1.54, 1.807) is 6.20 Å². The van der Waals surface area contributed by atoms with Crippen LogP contribution in [-0.4, -0.2) is 10.9 Å². The molecule has 0 saturated carbocycles. The lowest BCUT2D eigenvalue weighted by Crippen LogP contribution is -2.27. The average Bonchev–Trinajstić information content (AvgIpc) is 2.96. The monoisotopic (exact) mass is 322 g/mol. The number of carbonyl (C=O) groups excluding carboxylic acids is 1. The largest absolute Gasteiger partial charge is 0.345 e. The second-order valence-electron chi connectivity index (χ2n) is 5.79. The highest BCUT2D eigenvalue weighted by molar-refractivity contribution is 6.30. The molecule has 0 unspecified atom stereocenters. The van der Waals surface area contributed by atoms with Gasteiger partial charge in [-0.15, -0.1) is 0 Å². The molecule has 0 bridgehead atoms. The van der Waals surface area contributed by atoms with E-state index in [0.29, 0.717) is 5.56 Å². The van der Waals surface area contributed by atoms with Gasteiger partial charge in [0.15, 0.2) is 0 Å². The Kier molecular flexibility index (Phi) is 3.50. The fourth-order valence-corrected chi connectivity index (χ4v) is 3.45. The number of aryl methyl sites for hydroxylation is 1. The Morgan fingerprint density at radius 2 is 2.04 bits per heavy atom. The topological polar surface area (TPSA) is 42.0 Å². The van der Waals surface area contributed by atoms with Crippen LogP contribution in [0.3, 0.4) is 0 Å². The second kappa shape index (κ2) is 5.67. The average molecular weight is 323 g/mol. The van der Waals surface area contributed by atoms with Crippen molar-refractivity contribution in [3.8, 4) is 0 Å². The lowest BCUT2D eigenvalue weighted by molar-refractivity contribution is 0.0938. The first-order chi connectivity index (χ1) is 11.2.